The fraction of sp³-hybridized carbons (Fsp3) is 0.100. The third-order valence-electron chi connectivity index (χ3n) is 1.98. The maximum atomic E-state index is 5.48. The van der Waals surface area contributed by atoms with Gasteiger partial charge in [0.05, 0.1) is 6.20 Å². The number of aromatic nitrogens is 1. The minimum atomic E-state index is 0.799. The van der Waals surface area contributed by atoms with Crippen LogP contribution in [0.5, 0.6) is 0 Å². The molecule has 3 nitrogen and oxygen atoms in total. The maximum Gasteiger partial charge on any atom is 0.153 e. The molecule has 2 N–H and O–H groups in total. The summed E-state index contributed by atoms with van der Waals surface area (Å²) in [5.41, 5.74) is 7.17. The predicted octanol–water partition coefficient (Wildman–Crippen LogP) is 2.07. The van der Waals surface area contributed by atoms with Gasteiger partial charge in [-0.05, 0) is 25.3 Å². The molecule has 0 aromatic carbocycles. The Bertz CT molecular complexity index is 457. The largest absolute Gasteiger partial charge is 0.459 e. The fourth-order valence-corrected chi connectivity index (χ4v) is 1.40. The van der Waals surface area contributed by atoms with Crippen LogP contribution in [0.4, 0.5) is 0 Å². The Hall–Kier alpha value is -1.77. The number of nitrogens with zero attached hydrogens (tertiary/aromatic N) is 1. The summed E-state index contributed by atoms with van der Waals surface area (Å²) in [6.45, 7) is 1.91. The van der Waals surface area contributed by atoms with E-state index in [1.807, 2.05) is 19.1 Å². The van der Waals surface area contributed by atoms with E-state index in [0.717, 1.165) is 22.3 Å². The van der Waals surface area contributed by atoms with Crippen molar-refractivity contribution in [1.82, 2.24) is 4.98 Å². The highest BCUT2D eigenvalue weighted by Crippen LogP contribution is 2.25. The highest BCUT2D eigenvalue weighted by Gasteiger charge is 2.06. The van der Waals surface area contributed by atoms with Crippen molar-refractivity contribution in [1.29, 1.82) is 0 Å². The molecule has 0 saturated carbocycles. The van der Waals surface area contributed by atoms with Crippen LogP contribution in [0.15, 0.2) is 29.1 Å². The van der Waals surface area contributed by atoms with Crippen molar-refractivity contribution >= 4 is 17.0 Å². The zero-order valence-corrected chi connectivity index (χ0v) is 7.32. The van der Waals surface area contributed by atoms with Crippen molar-refractivity contribution < 1.29 is 4.42 Å². The number of furan rings is 1. The SMILES string of the molecule is Cc1oc2cnccc2c1/C=C\N. The molecule has 13 heavy (non-hydrogen) atoms. The van der Waals surface area contributed by atoms with Gasteiger partial charge in [0.25, 0.3) is 0 Å². The number of rotatable bonds is 1. The number of fused-ring (bicyclic) bond motifs is 1. The van der Waals surface area contributed by atoms with Crippen LogP contribution in [0.25, 0.3) is 17.0 Å². The Morgan fingerprint density at radius 1 is 1.54 bits per heavy atom. The lowest BCUT2D eigenvalue weighted by atomic mass is 10.1. The molecule has 0 aliphatic carbocycles. The first-order valence-corrected chi connectivity index (χ1v) is 4.04. The molecule has 0 aliphatic heterocycles. The molecular weight excluding hydrogens is 164 g/mol. The number of nitrogens with two attached hydrogens (primary N) is 1. The molecule has 0 amide bonds. The Labute approximate surface area is 75.9 Å². The maximum absolute atomic E-state index is 5.48. The second-order valence-electron chi connectivity index (χ2n) is 2.80. The summed E-state index contributed by atoms with van der Waals surface area (Å²) in [6.07, 6.45) is 6.79. The summed E-state index contributed by atoms with van der Waals surface area (Å²) in [5.74, 6) is 0.865. The molecule has 66 valence electrons. The molecule has 0 atom stereocenters. The molecule has 2 heterocycles. The summed E-state index contributed by atoms with van der Waals surface area (Å²) in [4.78, 5) is 3.98. The Kier molecular flexibility index (Phi) is 1.77. The standard InChI is InChI=1S/C10H10N2O/c1-7-8(2-4-11)9-3-5-12-6-10(9)13-7/h2-6H,11H2,1H3/b4-2-. The predicted molar refractivity (Wildman–Crippen MR) is 52.0 cm³/mol. The summed E-state index contributed by atoms with van der Waals surface area (Å²) >= 11 is 0. The minimum Gasteiger partial charge on any atom is -0.459 e. The van der Waals surface area contributed by atoms with Crippen LogP contribution in [-0.2, 0) is 0 Å². The topological polar surface area (TPSA) is 52.0 Å². The lowest BCUT2D eigenvalue weighted by Gasteiger charge is -1.88. The van der Waals surface area contributed by atoms with Crippen LogP contribution in [-0.4, -0.2) is 4.98 Å². The zero-order valence-electron chi connectivity index (χ0n) is 7.32. The van der Waals surface area contributed by atoms with E-state index in [4.69, 9.17) is 10.2 Å². The van der Waals surface area contributed by atoms with Crippen LogP contribution in [0.3, 0.4) is 0 Å². The molecule has 0 spiro atoms. The van der Waals surface area contributed by atoms with Gasteiger partial charge in [0, 0.05) is 17.1 Å². The summed E-state index contributed by atoms with van der Waals surface area (Å²) < 4.78 is 5.48. The van der Waals surface area contributed by atoms with Crippen LogP contribution < -0.4 is 5.73 Å². The molecule has 0 bridgehead atoms. The van der Waals surface area contributed by atoms with E-state index in [9.17, 15) is 0 Å². The third-order valence-corrected chi connectivity index (χ3v) is 1.98. The molecule has 2 aromatic heterocycles. The first-order chi connectivity index (χ1) is 6.33. The van der Waals surface area contributed by atoms with E-state index in [0.29, 0.717) is 0 Å². The Morgan fingerprint density at radius 3 is 3.15 bits per heavy atom. The van der Waals surface area contributed by atoms with Crippen molar-refractivity contribution in [3.05, 3.63) is 36.0 Å². The highest BCUT2D eigenvalue weighted by atomic mass is 16.3. The Balaban J connectivity index is 2.78. The van der Waals surface area contributed by atoms with Gasteiger partial charge in [-0.3, -0.25) is 4.98 Å². The number of pyridine rings is 1. The van der Waals surface area contributed by atoms with Gasteiger partial charge in [-0.1, -0.05) is 0 Å². The quantitative estimate of drug-likeness (QED) is 0.720. The third kappa shape index (κ3) is 1.18. The molecule has 0 radical (unpaired) electrons. The average molecular weight is 174 g/mol. The number of hydrogen-bond acceptors (Lipinski definition) is 3. The smallest absolute Gasteiger partial charge is 0.153 e. The number of aryl methyl sites for hydroxylation is 1. The van der Waals surface area contributed by atoms with Gasteiger partial charge in [0.15, 0.2) is 5.58 Å². The average Bonchev–Trinajstić information content (AvgIpc) is 2.44. The van der Waals surface area contributed by atoms with Crippen molar-refractivity contribution in [2.45, 2.75) is 6.92 Å². The van der Waals surface area contributed by atoms with Gasteiger partial charge in [-0.25, -0.2) is 0 Å². The van der Waals surface area contributed by atoms with E-state index in [1.54, 1.807) is 12.4 Å². The van der Waals surface area contributed by atoms with Crippen LogP contribution in [0.2, 0.25) is 0 Å². The van der Waals surface area contributed by atoms with Crippen molar-refractivity contribution in [2.75, 3.05) is 0 Å². The minimum absolute atomic E-state index is 0.799. The van der Waals surface area contributed by atoms with Crippen molar-refractivity contribution in [3.63, 3.8) is 0 Å². The van der Waals surface area contributed by atoms with E-state index in [1.165, 1.54) is 6.20 Å². The van der Waals surface area contributed by atoms with Crippen molar-refractivity contribution in [2.24, 2.45) is 5.73 Å². The molecule has 0 unspecified atom stereocenters. The lowest BCUT2D eigenvalue weighted by molar-refractivity contribution is 0.576. The van der Waals surface area contributed by atoms with Gasteiger partial charge in [-0.2, -0.15) is 0 Å². The molecule has 0 aliphatic rings. The normalized spacial score (nSPS) is 11.5. The zero-order chi connectivity index (χ0) is 9.26. The molecule has 0 saturated heterocycles. The summed E-state index contributed by atoms with van der Waals surface area (Å²) in [7, 11) is 0. The second-order valence-corrected chi connectivity index (χ2v) is 2.80. The molecule has 2 aromatic rings. The van der Waals surface area contributed by atoms with E-state index in [-0.39, 0.29) is 0 Å². The first kappa shape index (κ1) is 7.86. The fourth-order valence-electron chi connectivity index (χ4n) is 1.40. The van der Waals surface area contributed by atoms with E-state index in [2.05, 4.69) is 4.98 Å². The van der Waals surface area contributed by atoms with Gasteiger partial charge in [-0.15, -0.1) is 0 Å². The van der Waals surface area contributed by atoms with Gasteiger partial charge >= 0.3 is 0 Å². The van der Waals surface area contributed by atoms with Crippen LogP contribution in [0.1, 0.15) is 11.3 Å². The van der Waals surface area contributed by atoms with E-state index >= 15 is 0 Å². The second kappa shape index (κ2) is 2.94. The van der Waals surface area contributed by atoms with Crippen molar-refractivity contribution in [3.8, 4) is 0 Å². The van der Waals surface area contributed by atoms with Gasteiger partial charge < -0.3 is 10.2 Å². The molecular formula is C10H10N2O. The Morgan fingerprint density at radius 2 is 2.38 bits per heavy atom. The van der Waals surface area contributed by atoms with E-state index < -0.39 is 0 Å². The van der Waals surface area contributed by atoms with Crippen LogP contribution >= 0.6 is 0 Å². The van der Waals surface area contributed by atoms with Crippen LogP contribution in [0, 0.1) is 6.92 Å². The molecule has 3 heteroatoms. The van der Waals surface area contributed by atoms with Gasteiger partial charge in [0.2, 0.25) is 0 Å². The first-order valence-electron chi connectivity index (χ1n) is 4.04. The van der Waals surface area contributed by atoms with Gasteiger partial charge in [0.1, 0.15) is 5.76 Å². The summed E-state index contributed by atoms with van der Waals surface area (Å²) in [5, 5.41) is 1.05. The monoisotopic (exact) mass is 174 g/mol. The highest BCUT2D eigenvalue weighted by molar-refractivity contribution is 5.87. The number of hydrogen-bond donors (Lipinski definition) is 1. The lowest BCUT2D eigenvalue weighted by Crippen LogP contribution is -1.78. The summed E-state index contributed by atoms with van der Waals surface area (Å²) in [6, 6.07) is 1.92. The molecule has 2 rings (SSSR count). The molecule has 0 fully saturated rings.